The van der Waals surface area contributed by atoms with Crippen LogP contribution in [0.3, 0.4) is 0 Å². The molecule has 4 nitrogen and oxygen atoms in total. The number of rotatable bonds is 7. The summed E-state index contributed by atoms with van der Waals surface area (Å²) in [5, 5.41) is 2.77. The van der Waals surface area contributed by atoms with Crippen LogP contribution in [0, 0.1) is 0 Å². The number of halogens is 4. The third-order valence-electron chi connectivity index (χ3n) is 2.36. The van der Waals surface area contributed by atoms with Crippen LogP contribution in [0.15, 0.2) is 6.33 Å². The highest BCUT2D eigenvalue weighted by molar-refractivity contribution is 5.48. The second-order valence-corrected chi connectivity index (χ2v) is 3.86. The lowest BCUT2D eigenvalue weighted by Gasteiger charge is -2.17. The number of anilines is 1. The minimum atomic E-state index is -4.20. The maximum atomic E-state index is 12.8. The molecule has 0 saturated carbocycles. The van der Waals surface area contributed by atoms with Crippen molar-refractivity contribution in [2.24, 2.45) is 0 Å². The Morgan fingerprint density at radius 3 is 2.58 bits per heavy atom. The highest BCUT2D eigenvalue weighted by Crippen LogP contribution is 2.27. The summed E-state index contributed by atoms with van der Waals surface area (Å²) in [6.07, 6.45) is -1.44. The van der Waals surface area contributed by atoms with Gasteiger partial charge in [-0.25, -0.2) is 18.7 Å². The molecule has 0 bridgehead atoms. The van der Waals surface area contributed by atoms with Crippen LogP contribution in [0.25, 0.3) is 0 Å². The lowest BCUT2D eigenvalue weighted by Crippen LogP contribution is -2.34. The summed E-state index contributed by atoms with van der Waals surface area (Å²) in [5.41, 5.74) is 0.498. The highest BCUT2D eigenvalue weighted by atomic mass is 19.3. The summed E-state index contributed by atoms with van der Waals surface area (Å²) in [6, 6.07) is 0. The molecular weight excluding hydrogens is 266 g/mol. The molecule has 0 aliphatic heterocycles. The van der Waals surface area contributed by atoms with Crippen molar-refractivity contribution in [3.05, 3.63) is 11.9 Å². The van der Waals surface area contributed by atoms with Gasteiger partial charge in [-0.2, -0.15) is 8.78 Å². The highest BCUT2D eigenvalue weighted by Gasteiger charge is 2.42. The predicted molar refractivity (Wildman–Crippen MR) is 62.0 cm³/mol. The van der Waals surface area contributed by atoms with Crippen molar-refractivity contribution in [2.75, 3.05) is 19.0 Å². The van der Waals surface area contributed by atoms with Crippen LogP contribution in [0.2, 0.25) is 0 Å². The van der Waals surface area contributed by atoms with Gasteiger partial charge in [-0.05, 0) is 6.42 Å². The van der Waals surface area contributed by atoms with Gasteiger partial charge >= 0.3 is 12.3 Å². The monoisotopic (exact) mass is 281 g/mol. The summed E-state index contributed by atoms with van der Waals surface area (Å²) in [7, 11) is 1.61. The van der Waals surface area contributed by atoms with E-state index in [9.17, 15) is 17.6 Å². The van der Waals surface area contributed by atoms with Gasteiger partial charge in [-0.15, -0.1) is 0 Å². The van der Waals surface area contributed by atoms with Gasteiger partial charge in [0.1, 0.15) is 12.1 Å². The van der Waals surface area contributed by atoms with E-state index >= 15 is 0 Å². The van der Waals surface area contributed by atoms with Gasteiger partial charge in [0.05, 0.1) is 5.56 Å². The zero-order valence-electron chi connectivity index (χ0n) is 10.6. The Morgan fingerprint density at radius 2 is 2.05 bits per heavy atom. The molecule has 8 heteroatoms. The van der Waals surface area contributed by atoms with E-state index < -0.39 is 19.0 Å². The van der Waals surface area contributed by atoms with E-state index in [1.54, 1.807) is 7.05 Å². The second-order valence-electron chi connectivity index (χ2n) is 3.86. The minimum absolute atomic E-state index is 0.0958. The topological polar surface area (TPSA) is 47.0 Å². The number of nitrogens with one attached hydrogen (secondary N) is 1. The van der Waals surface area contributed by atoms with Crippen LogP contribution in [0.4, 0.5) is 23.4 Å². The quantitative estimate of drug-likeness (QED) is 0.781. The first kappa shape index (κ1) is 15.5. The summed E-state index contributed by atoms with van der Waals surface area (Å²) in [4.78, 5) is 7.63. The fourth-order valence-electron chi connectivity index (χ4n) is 1.44. The summed E-state index contributed by atoms with van der Waals surface area (Å²) in [5.74, 6) is -3.86. The van der Waals surface area contributed by atoms with Gasteiger partial charge in [0.25, 0.3) is 0 Å². The van der Waals surface area contributed by atoms with E-state index in [1.165, 1.54) is 0 Å². The lowest BCUT2D eigenvalue weighted by molar-refractivity contribution is -0.148. The van der Waals surface area contributed by atoms with Crippen molar-refractivity contribution >= 4 is 5.82 Å². The number of nitrogens with zero attached hydrogens (tertiary/aromatic N) is 2. The van der Waals surface area contributed by atoms with Crippen LogP contribution in [0.5, 0.6) is 5.88 Å². The van der Waals surface area contributed by atoms with Gasteiger partial charge in [-0.1, -0.05) is 13.3 Å². The zero-order chi connectivity index (χ0) is 14.5. The molecule has 108 valence electrons. The first-order valence-electron chi connectivity index (χ1n) is 5.72. The summed E-state index contributed by atoms with van der Waals surface area (Å²) in [6.45, 7) is 0.464. The van der Waals surface area contributed by atoms with Gasteiger partial charge in [0.2, 0.25) is 5.88 Å². The molecule has 1 heterocycles. The van der Waals surface area contributed by atoms with Crippen molar-refractivity contribution in [3.63, 3.8) is 0 Å². The van der Waals surface area contributed by atoms with Gasteiger partial charge < -0.3 is 10.1 Å². The first-order valence-corrected chi connectivity index (χ1v) is 5.72. The summed E-state index contributed by atoms with van der Waals surface area (Å²) >= 11 is 0. The molecule has 0 radical (unpaired) electrons. The standard InChI is InChI=1S/C11H15F4N3O/c1-3-4-7-8(16-2)17-6-18-9(7)19-5-11(14,15)10(12)13/h6,10H,3-5H2,1-2H3,(H,16,17,18). The molecule has 1 N–H and O–H groups in total. The fraction of sp³-hybridized carbons (Fsp3) is 0.636. The normalized spacial score (nSPS) is 11.7. The molecule has 0 aromatic carbocycles. The molecule has 0 aliphatic carbocycles. The molecule has 1 aromatic rings. The van der Waals surface area contributed by atoms with Crippen molar-refractivity contribution in [1.82, 2.24) is 9.97 Å². The van der Waals surface area contributed by atoms with Crippen LogP contribution >= 0.6 is 0 Å². The number of alkyl halides is 4. The van der Waals surface area contributed by atoms with E-state index in [4.69, 9.17) is 4.74 Å². The third-order valence-corrected chi connectivity index (χ3v) is 2.36. The SMILES string of the molecule is CCCc1c(NC)ncnc1OCC(F)(F)C(F)F. The number of hydrogen-bond acceptors (Lipinski definition) is 4. The van der Waals surface area contributed by atoms with Crippen molar-refractivity contribution in [2.45, 2.75) is 32.1 Å². The first-order chi connectivity index (χ1) is 8.92. The Kier molecular flexibility index (Phi) is 5.31. The molecule has 0 aliphatic rings. The van der Waals surface area contributed by atoms with Crippen LogP contribution in [0.1, 0.15) is 18.9 Å². The molecule has 0 amide bonds. The predicted octanol–water partition coefficient (Wildman–Crippen LogP) is 2.75. The smallest absolute Gasteiger partial charge is 0.340 e. The lowest BCUT2D eigenvalue weighted by atomic mass is 10.2. The minimum Gasteiger partial charge on any atom is -0.471 e. The van der Waals surface area contributed by atoms with Gasteiger partial charge in [0.15, 0.2) is 6.61 Å². The zero-order valence-corrected chi connectivity index (χ0v) is 10.6. The molecule has 1 aromatic heterocycles. The number of hydrogen-bond donors (Lipinski definition) is 1. The maximum absolute atomic E-state index is 12.8. The average Bonchev–Trinajstić information content (AvgIpc) is 2.37. The molecule has 0 unspecified atom stereocenters. The number of aromatic nitrogens is 2. The van der Waals surface area contributed by atoms with E-state index in [0.717, 1.165) is 6.33 Å². The average molecular weight is 281 g/mol. The maximum Gasteiger partial charge on any atom is 0.340 e. The molecule has 1 rings (SSSR count). The Hall–Kier alpha value is -1.60. The van der Waals surface area contributed by atoms with Crippen LogP contribution in [-0.4, -0.2) is 36.0 Å². The van der Waals surface area contributed by atoms with Gasteiger partial charge in [0, 0.05) is 7.05 Å². The molecule has 0 atom stereocenters. The third kappa shape index (κ3) is 3.93. The van der Waals surface area contributed by atoms with Crippen molar-refractivity contribution in [1.29, 1.82) is 0 Å². The Morgan fingerprint density at radius 1 is 1.37 bits per heavy atom. The fourth-order valence-corrected chi connectivity index (χ4v) is 1.44. The Bertz CT molecular complexity index is 415. The largest absolute Gasteiger partial charge is 0.471 e. The Labute approximate surface area is 108 Å². The molecule has 19 heavy (non-hydrogen) atoms. The van der Waals surface area contributed by atoms with Crippen molar-refractivity contribution in [3.8, 4) is 5.88 Å². The molecular formula is C11H15F4N3O. The van der Waals surface area contributed by atoms with E-state index in [0.29, 0.717) is 24.2 Å². The van der Waals surface area contributed by atoms with E-state index in [2.05, 4.69) is 15.3 Å². The van der Waals surface area contributed by atoms with Crippen LogP contribution < -0.4 is 10.1 Å². The summed E-state index contributed by atoms with van der Waals surface area (Å²) < 4.78 is 54.4. The number of ether oxygens (including phenoxy) is 1. The second kappa shape index (κ2) is 6.53. The molecule has 0 spiro atoms. The Balaban J connectivity index is 2.88. The molecule has 0 saturated heterocycles. The van der Waals surface area contributed by atoms with Crippen molar-refractivity contribution < 1.29 is 22.3 Å². The van der Waals surface area contributed by atoms with E-state index in [1.807, 2.05) is 6.92 Å². The van der Waals surface area contributed by atoms with Crippen LogP contribution in [-0.2, 0) is 6.42 Å². The van der Waals surface area contributed by atoms with Gasteiger partial charge in [-0.3, -0.25) is 0 Å². The van der Waals surface area contributed by atoms with E-state index in [-0.39, 0.29) is 5.88 Å². The molecule has 0 fully saturated rings.